The number of aryl methyl sites for hydroxylation is 1. The molecule has 2 heterocycles. The topological polar surface area (TPSA) is 6.48 Å². The third kappa shape index (κ3) is 2.11. The molecule has 2 unspecified atom stereocenters. The van der Waals surface area contributed by atoms with Gasteiger partial charge in [0.25, 0.3) is 0 Å². The van der Waals surface area contributed by atoms with Crippen LogP contribution in [0.2, 0.25) is 0 Å². The van der Waals surface area contributed by atoms with Crippen molar-refractivity contribution in [3.05, 3.63) is 34.9 Å². The molecule has 0 radical (unpaired) electrons. The van der Waals surface area contributed by atoms with E-state index < -0.39 is 0 Å². The molecule has 2 heteroatoms. The molecule has 2 aliphatic heterocycles. The van der Waals surface area contributed by atoms with Crippen molar-refractivity contribution < 1.29 is 0 Å². The van der Waals surface area contributed by atoms with Crippen molar-refractivity contribution in [1.29, 1.82) is 0 Å². The first-order valence-electron chi connectivity index (χ1n) is 7.49. The summed E-state index contributed by atoms with van der Waals surface area (Å²) in [4.78, 5) is 5.32. The smallest absolute Gasteiger partial charge is 0.0485 e. The van der Waals surface area contributed by atoms with E-state index in [1.165, 1.54) is 25.2 Å². The highest BCUT2D eigenvalue weighted by molar-refractivity contribution is 5.40. The summed E-state index contributed by atoms with van der Waals surface area (Å²) in [6.45, 7) is 15.1. The van der Waals surface area contributed by atoms with E-state index in [-0.39, 0.29) is 5.54 Å². The average Bonchev–Trinajstić information content (AvgIpc) is 2.61. The first kappa shape index (κ1) is 13.1. The zero-order valence-electron chi connectivity index (χ0n) is 12.9. The Labute approximate surface area is 117 Å². The van der Waals surface area contributed by atoms with Gasteiger partial charge in [0.1, 0.15) is 0 Å². The number of fused-ring (bicyclic) bond motifs is 3. The van der Waals surface area contributed by atoms with E-state index in [1.54, 1.807) is 11.1 Å². The summed E-state index contributed by atoms with van der Waals surface area (Å²) in [6.07, 6.45) is 0. The predicted molar refractivity (Wildman–Crippen MR) is 80.4 cm³/mol. The van der Waals surface area contributed by atoms with Crippen LogP contribution in [0.5, 0.6) is 0 Å². The maximum Gasteiger partial charge on any atom is 0.0485 e. The van der Waals surface area contributed by atoms with E-state index in [0.29, 0.717) is 12.1 Å². The fraction of sp³-hybridized carbons (Fsp3) is 0.647. The Morgan fingerprint density at radius 1 is 1.11 bits per heavy atom. The summed E-state index contributed by atoms with van der Waals surface area (Å²) in [5.74, 6) is 0. The van der Waals surface area contributed by atoms with E-state index in [4.69, 9.17) is 0 Å². The van der Waals surface area contributed by atoms with Gasteiger partial charge in [-0.1, -0.05) is 23.8 Å². The number of nitrogens with zero attached hydrogens (tertiary/aromatic N) is 2. The molecule has 1 saturated heterocycles. The molecular weight excluding hydrogens is 232 g/mol. The predicted octanol–water partition coefficient (Wildman–Crippen LogP) is 3.53. The van der Waals surface area contributed by atoms with Crippen LogP contribution in [0.3, 0.4) is 0 Å². The summed E-state index contributed by atoms with van der Waals surface area (Å²) in [7, 11) is 0. The van der Waals surface area contributed by atoms with Crippen LogP contribution in [0, 0.1) is 6.92 Å². The van der Waals surface area contributed by atoms with Crippen LogP contribution < -0.4 is 0 Å². The van der Waals surface area contributed by atoms with Crippen LogP contribution in [-0.4, -0.2) is 35.0 Å². The van der Waals surface area contributed by atoms with Crippen LogP contribution in [0.15, 0.2) is 18.2 Å². The number of piperazine rings is 1. The molecule has 2 nitrogen and oxygen atoms in total. The molecule has 1 aromatic carbocycles. The number of benzene rings is 1. The van der Waals surface area contributed by atoms with Gasteiger partial charge in [-0.15, -0.1) is 0 Å². The highest BCUT2D eigenvalue weighted by Crippen LogP contribution is 2.44. The normalized spacial score (nSPS) is 28.3. The van der Waals surface area contributed by atoms with Crippen LogP contribution in [0.1, 0.15) is 56.5 Å². The van der Waals surface area contributed by atoms with Crippen molar-refractivity contribution in [2.24, 2.45) is 0 Å². The first-order valence-corrected chi connectivity index (χ1v) is 7.49. The molecule has 3 rings (SSSR count). The van der Waals surface area contributed by atoms with Gasteiger partial charge in [-0.25, -0.2) is 0 Å². The van der Waals surface area contributed by atoms with E-state index in [9.17, 15) is 0 Å². The van der Waals surface area contributed by atoms with Crippen molar-refractivity contribution in [3.63, 3.8) is 0 Å². The van der Waals surface area contributed by atoms with Crippen LogP contribution >= 0.6 is 0 Å². The third-order valence-corrected chi connectivity index (χ3v) is 4.92. The van der Waals surface area contributed by atoms with Gasteiger partial charge in [0.05, 0.1) is 0 Å². The van der Waals surface area contributed by atoms with Crippen molar-refractivity contribution in [2.75, 3.05) is 19.6 Å². The standard InChI is InChI=1S/C17H26N2/c1-12-6-7-14-15(10-12)13(2)19-9-8-18(11-16(14)19)17(3,4)5/h6-7,10,13,16H,8-9,11H2,1-5H3. The molecule has 19 heavy (non-hydrogen) atoms. The lowest BCUT2D eigenvalue weighted by Crippen LogP contribution is -2.53. The molecule has 0 aliphatic carbocycles. The zero-order chi connectivity index (χ0) is 13.8. The monoisotopic (exact) mass is 258 g/mol. The minimum Gasteiger partial charge on any atom is -0.295 e. The summed E-state index contributed by atoms with van der Waals surface area (Å²) in [5, 5.41) is 0. The molecule has 0 spiro atoms. The van der Waals surface area contributed by atoms with Gasteiger partial charge in [-0.3, -0.25) is 9.80 Å². The van der Waals surface area contributed by atoms with Gasteiger partial charge in [0, 0.05) is 37.3 Å². The van der Waals surface area contributed by atoms with Gasteiger partial charge >= 0.3 is 0 Å². The van der Waals surface area contributed by atoms with Gasteiger partial charge in [0.2, 0.25) is 0 Å². The van der Waals surface area contributed by atoms with Gasteiger partial charge in [-0.2, -0.15) is 0 Å². The van der Waals surface area contributed by atoms with Crippen molar-refractivity contribution >= 4 is 0 Å². The Kier molecular flexibility index (Phi) is 2.99. The Hall–Kier alpha value is -0.860. The zero-order valence-corrected chi connectivity index (χ0v) is 12.9. The first-order chi connectivity index (χ1) is 8.88. The van der Waals surface area contributed by atoms with Crippen molar-refractivity contribution in [2.45, 2.75) is 52.2 Å². The Bertz CT molecular complexity index is 487. The molecule has 0 amide bonds. The summed E-state index contributed by atoms with van der Waals surface area (Å²) < 4.78 is 0. The second kappa shape index (κ2) is 4.32. The number of hydrogen-bond acceptors (Lipinski definition) is 2. The second-order valence-electron chi connectivity index (χ2n) is 7.18. The SMILES string of the molecule is Cc1ccc2c(c1)C(C)N1CCN(C(C)(C)C)CC21. The lowest BCUT2D eigenvalue weighted by atomic mass is 9.97. The molecule has 0 aromatic heterocycles. The molecule has 104 valence electrons. The largest absolute Gasteiger partial charge is 0.295 e. The van der Waals surface area contributed by atoms with E-state index >= 15 is 0 Å². The number of rotatable bonds is 0. The minimum atomic E-state index is 0.281. The molecule has 0 bridgehead atoms. The highest BCUT2D eigenvalue weighted by Gasteiger charge is 2.41. The summed E-state index contributed by atoms with van der Waals surface area (Å²) >= 11 is 0. The summed E-state index contributed by atoms with van der Waals surface area (Å²) in [5.41, 5.74) is 4.79. The molecule has 2 atom stereocenters. The fourth-order valence-electron chi connectivity index (χ4n) is 3.68. The third-order valence-electron chi connectivity index (χ3n) is 4.92. The fourth-order valence-corrected chi connectivity index (χ4v) is 3.68. The molecule has 0 N–H and O–H groups in total. The molecule has 1 aromatic rings. The Morgan fingerprint density at radius 3 is 2.53 bits per heavy atom. The maximum atomic E-state index is 2.69. The van der Waals surface area contributed by atoms with Crippen LogP contribution in [-0.2, 0) is 0 Å². The molecule has 0 saturated carbocycles. The highest BCUT2D eigenvalue weighted by atomic mass is 15.3. The van der Waals surface area contributed by atoms with Crippen molar-refractivity contribution in [3.8, 4) is 0 Å². The Balaban J connectivity index is 1.94. The van der Waals surface area contributed by atoms with Gasteiger partial charge < -0.3 is 0 Å². The molecular formula is C17H26N2. The lowest BCUT2D eigenvalue weighted by Gasteiger charge is -2.45. The van der Waals surface area contributed by atoms with E-state index in [2.05, 4.69) is 62.6 Å². The van der Waals surface area contributed by atoms with Crippen LogP contribution in [0.4, 0.5) is 0 Å². The lowest BCUT2D eigenvalue weighted by molar-refractivity contribution is 0.0144. The second-order valence-corrected chi connectivity index (χ2v) is 7.18. The van der Waals surface area contributed by atoms with Gasteiger partial charge in [-0.05, 0) is 45.7 Å². The minimum absolute atomic E-state index is 0.281. The Morgan fingerprint density at radius 2 is 1.84 bits per heavy atom. The van der Waals surface area contributed by atoms with Crippen LogP contribution in [0.25, 0.3) is 0 Å². The number of hydrogen-bond donors (Lipinski definition) is 0. The van der Waals surface area contributed by atoms with Gasteiger partial charge in [0.15, 0.2) is 0 Å². The quantitative estimate of drug-likeness (QED) is 0.702. The van der Waals surface area contributed by atoms with E-state index in [1.807, 2.05) is 0 Å². The average molecular weight is 258 g/mol. The molecule has 2 aliphatic rings. The van der Waals surface area contributed by atoms with E-state index in [0.717, 1.165) is 0 Å². The summed E-state index contributed by atoms with van der Waals surface area (Å²) in [6, 6.07) is 8.20. The maximum absolute atomic E-state index is 2.69. The molecule has 1 fully saturated rings. The van der Waals surface area contributed by atoms with Crippen molar-refractivity contribution in [1.82, 2.24) is 9.80 Å².